The predicted molar refractivity (Wildman–Crippen MR) is 258 cm³/mol. The van der Waals surface area contributed by atoms with E-state index in [0.29, 0.717) is 0 Å². The zero-order valence-electron chi connectivity index (χ0n) is 34.1. The normalized spacial score (nSPS) is 16.3. The van der Waals surface area contributed by atoms with Crippen LogP contribution in [0.4, 0.5) is 0 Å². The average Bonchev–Trinajstić information content (AvgIpc) is 3.36. The van der Waals surface area contributed by atoms with E-state index in [1.54, 1.807) is 0 Å². The zero-order chi connectivity index (χ0) is 41.3. The molecule has 0 spiro atoms. The first-order valence-corrected chi connectivity index (χ1v) is 21.3. The molecule has 0 N–H and O–H groups in total. The SMILES string of the molecule is C1=C(c2ccc(-c3nccc4ccccc34)cc2)C(c2ccccc2)=C(c2ccccc2)C(c2ccccc2)(c2ccc(-c3nccc4ccccc34)cc2)C1c1ccccc1. The maximum Gasteiger partial charge on any atom is 0.0780 e. The maximum absolute atomic E-state index is 4.93. The van der Waals surface area contributed by atoms with Crippen molar-refractivity contribution >= 4 is 38.3 Å². The highest BCUT2D eigenvalue weighted by Crippen LogP contribution is 2.61. The van der Waals surface area contributed by atoms with Crippen LogP contribution in [0.3, 0.4) is 0 Å². The van der Waals surface area contributed by atoms with Gasteiger partial charge in [-0.05, 0) is 73.0 Å². The molecule has 2 unspecified atom stereocenters. The summed E-state index contributed by atoms with van der Waals surface area (Å²) < 4.78 is 0. The van der Waals surface area contributed by atoms with Crippen molar-refractivity contribution in [3.05, 3.63) is 282 Å². The van der Waals surface area contributed by atoms with Gasteiger partial charge in [-0.2, -0.15) is 0 Å². The molecule has 2 nitrogen and oxygen atoms in total. The topological polar surface area (TPSA) is 25.8 Å². The number of hydrogen-bond donors (Lipinski definition) is 0. The molecule has 0 aliphatic heterocycles. The Morgan fingerprint density at radius 3 is 1.34 bits per heavy atom. The molecule has 2 aromatic heterocycles. The molecule has 11 rings (SSSR count). The quantitative estimate of drug-likeness (QED) is 0.153. The molecule has 62 heavy (non-hydrogen) atoms. The standard InChI is InChI=1S/C60H42N2/c1-5-19-45(20-6-1)55-41-54(44-29-31-48(32-30-44)58-52-27-15-13-17-42(52)37-39-61-58)56(46-21-7-2-8-22-46)57(47-23-9-3-10-24-47)60(55,50-25-11-4-12-26-50)51-35-33-49(34-36-51)59-53-28-16-14-18-43(53)38-40-62-59/h1-41,55H. The van der Waals surface area contributed by atoms with Crippen molar-refractivity contribution in [2.75, 3.05) is 0 Å². The number of nitrogens with zero attached hydrogens (tertiary/aromatic N) is 2. The first-order valence-electron chi connectivity index (χ1n) is 21.3. The number of hydrogen-bond acceptors (Lipinski definition) is 2. The van der Waals surface area contributed by atoms with E-state index >= 15 is 0 Å². The van der Waals surface area contributed by atoms with Crippen molar-refractivity contribution in [2.24, 2.45) is 0 Å². The first-order chi connectivity index (χ1) is 30.8. The van der Waals surface area contributed by atoms with Gasteiger partial charge in [0.05, 0.1) is 16.8 Å². The fourth-order valence-corrected chi connectivity index (χ4v) is 9.90. The Morgan fingerprint density at radius 2 is 0.774 bits per heavy atom. The molecule has 8 aromatic carbocycles. The number of fused-ring (bicyclic) bond motifs is 2. The average molecular weight is 791 g/mol. The van der Waals surface area contributed by atoms with E-state index < -0.39 is 5.41 Å². The molecular weight excluding hydrogens is 749 g/mol. The molecule has 0 saturated carbocycles. The Labute approximate surface area is 362 Å². The van der Waals surface area contributed by atoms with E-state index in [1.807, 2.05) is 12.4 Å². The summed E-state index contributed by atoms with van der Waals surface area (Å²) in [7, 11) is 0. The monoisotopic (exact) mass is 790 g/mol. The van der Waals surface area contributed by atoms with Gasteiger partial charge in [-0.25, -0.2) is 0 Å². The van der Waals surface area contributed by atoms with Crippen LogP contribution in [0.15, 0.2) is 249 Å². The largest absolute Gasteiger partial charge is 0.256 e. The third-order valence-electron chi connectivity index (χ3n) is 12.7. The van der Waals surface area contributed by atoms with Crippen molar-refractivity contribution in [1.29, 1.82) is 0 Å². The molecule has 292 valence electrons. The van der Waals surface area contributed by atoms with Gasteiger partial charge in [0, 0.05) is 40.2 Å². The van der Waals surface area contributed by atoms with Crippen LogP contribution in [0.1, 0.15) is 39.3 Å². The van der Waals surface area contributed by atoms with Gasteiger partial charge in [0.15, 0.2) is 0 Å². The molecule has 2 heteroatoms. The highest BCUT2D eigenvalue weighted by Gasteiger charge is 2.50. The number of allylic oxidation sites excluding steroid dienone is 4. The first kappa shape index (κ1) is 37.1. The third kappa shape index (κ3) is 6.36. The van der Waals surface area contributed by atoms with Crippen LogP contribution >= 0.6 is 0 Å². The molecule has 2 atom stereocenters. The molecule has 1 aliphatic carbocycles. The third-order valence-corrected chi connectivity index (χ3v) is 12.7. The summed E-state index contributed by atoms with van der Waals surface area (Å²) in [5, 5.41) is 4.66. The summed E-state index contributed by atoms with van der Waals surface area (Å²) in [6.45, 7) is 0. The van der Waals surface area contributed by atoms with Gasteiger partial charge in [0.2, 0.25) is 0 Å². The lowest BCUT2D eigenvalue weighted by molar-refractivity contribution is 0.587. The van der Waals surface area contributed by atoms with E-state index in [1.165, 1.54) is 55.3 Å². The molecule has 1 aliphatic rings. The molecular formula is C60H42N2. The minimum atomic E-state index is -0.670. The molecule has 2 heterocycles. The van der Waals surface area contributed by atoms with Crippen LogP contribution in [-0.2, 0) is 5.41 Å². The van der Waals surface area contributed by atoms with Gasteiger partial charge < -0.3 is 0 Å². The van der Waals surface area contributed by atoms with E-state index in [2.05, 4.69) is 237 Å². The molecule has 0 bridgehead atoms. The summed E-state index contributed by atoms with van der Waals surface area (Å²) in [4.78, 5) is 9.82. The summed E-state index contributed by atoms with van der Waals surface area (Å²) in [6.07, 6.45) is 6.39. The van der Waals surface area contributed by atoms with Crippen molar-refractivity contribution < 1.29 is 0 Å². The van der Waals surface area contributed by atoms with Gasteiger partial charge in [0.1, 0.15) is 0 Å². The number of aromatic nitrogens is 2. The molecule has 0 fully saturated rings. The lowest BCUT2D eigenvalue weighted by Gasteiger charge is -2.48. The van der Waals surface area contributed by atoms with E-state index in [-0.39, 0.29) is 5.92 Å². The Morgan fingerprint density at radius 1 is 0.339 bits per heavy atom. The maximum atomic E-state index is 4.93. The van der Waals surface area contributed by atoms with Crippen LogP contribution < -0.4 is 0 Å². The van der Waals surface area contributed by atoms with Crippen LogP contribution in [-0.4, -0.2) is 9.97 Å². The molecule has 0 saturated heterocycles. The van der Waals surface area contributed by atoms with Crippen LogP contribution in [0.2, 0.25) is 0 Å². The van der Waals surface area contributed by atoms with Crippen LogP contribution in [0.5, 0.6) is 0 Å². The zero-order valence-corrected chi connectivity index (χ0v) is 34.1. The molecule has 0 amide bonds. The van der Waals surface area contributed by atoms with Crippen LogP contribution in [0.25, 0.3) is 60.8 Å². The highest BCUT2D eigenvalue weighted by atomic mass is 14.7. The molecule has 10 aromatic rings. The van der Waals surface area contributed by atoms with Gasteiger partial charge in [-0.3, -0.25) is 9.97 Å². The smallest absolute Gasteiger partial charge is 0.0780 e. The highest BCUT2D eigenvalue weighted by molar-refractivity contribution is 6.19. The Kier molecular flexibility index (Phi) is 9.52. The van der Waals surface area contributed by atoms with Crippen molar-refractivity contribution in [3.8, 4) is 22.5 Å². The second-order valence-electron chi connectivity index (χ2n) is 16.0. The second kappa shape index (κ2) is 15.9. The van der Waals surface area contributed by atoms with E-state index in [0.717, 1.165) is 38.9 Å². The second-order valence-corrected chi connectivity index (χ2v) is 16.0. The van der Waals surface area contributed by atoms with Gasteiger partial charge >= 0.3 is 0 Å². The van der Waals surface area contributed by atoms with Gasteiger partial charge in [0.25, 0.3) is 0 Å². The summed E-state index contributed by atoms with van der Waals surface area (Å²) >= 11 is 0. The fourth-order valence-electron chi connectivity index (χ4n) is 9.90. The van der Waals surface area contributed by atoms with Gasteiger partial charge in [-0.1, -0.05) is 224 Å². The predicted octanol–water partition coefficient (Wildman–Crippen LogP) is 14.9. The minimum Gasteiger partial charge on any atom is -0.256 e. The van der Waals surface area contributed by atoms with E-state index in [9.17, 15) is 0 Å². The lowest BCUT2D eigenvalue weighted by Crippen LogP contribution is -2.38. The number of rotatable bonds is 8. The minimum absolute atomic E-state index is 0.107. The summed E-state index contributed by atoms with van der Waals surface area (Å²) in [5.41, 5.74) is 14.3. The fraction of sp³-hybridized carbons (Fsp3) is 0.0333. The van der Waals surface area contributed by atoms with Crippen molar-refractivity contribution in [2.45, 2.75) is 11.3 Å². The Balaban J connectivity index is 1.21. The number of benzene rings is 8. The van der Waals surface area contributed by atoms with Crippen molar-refractivity contribution in [1.82, 2.24) is 9.97 Å². The Bertz CT molecular complexity index is 3230. The molecule has 0 radical (unpaired) electrons. The van der Waals surface area contributed by atoms with Crippen molar-refractivity contribution in [3.63, 3.8) is 0 Å². The number of pyridine rings is 2. The Hall–Kier alpha value is -7.94. The van der Waals surface area contributed by atoms with E-state index in [4.69, 9.17) is 9.97 Å². The summed E-state index contributed by atoms with van der Waals surface area (Å²) in [5.74, 6) is -0.107. The van der Waals surface area contributed by atoms with Crippen LogP contribution in [0, 0.1) is 0 Å². The summed E-state index contributed by atoms with van der Waals surface area (Å²) in [6, 6.07) is 83.8. The lowest BCUT2D eigenvalue weighted by atomic mass is 9.53. The van der Waals surface area contributed by atoms with Gasteiger partial charge in [-0.15, -0.1) is 0 Å².